The Morgan fingerprint density at radius 1 is 1.04 bits per heavy atom. The molecule has 2 atom stereocenters. The number of carboxylic acids is 2. The van der Waals surface area contributed by atoms with Crippen molar-refractivity contribution in [2.75, 3.05) is 38.1 Å². The fourth-order valence-electron chi connectivity index (χ4n) is 3.16. The zero-order valence-electron chi connectivity index (χ0n) is 12.6. The molecule has 2 aliphatic rings. The lowest BCUT2D eigenvalue weighted by Gasteiger charge is -2.22. The molecule has 0 amide bonds. The van der Waals surface area contributed by atoms with Gasteiger partial charge in [-0.3, -0.25) is 0 Å². The van der Waals surface area contributed by atoms with Crippen molar-refractivity contribution in [2.24, 2.45) is 11.8 Å². The highest BCUT2D eigenvalue weighted by molar-refractivity contribution is 6.43. The van der Waals surface area contributed by atoms with E-state index in [1.54, 1.807) is 0 Å². The molecule has 0 bridgehead atoms. The molecule has 3 rings (SSSR count). The lowest BCUT2D eigenvalue weighted by Crippen LogP contribution is -2.26. The molecule has 2 aliphatic heterocycles. The Morgan fingerprint density at radius 2 is 1.57 bits per heavy atom. The molecule has 2 unspecified atom stereocenters. The van der Waals surface area contributed by atoms with E-state index in [9.17, 15) is 0 Å². The van der Waals surface area contributed by atoms with Crippen LogP contribution in [0.15, 0.2) is 18.2 Å². The van der Waals surface area contributed by atoms with E-state index in [0.717, 1.165) is 30.6 Å². The molecule has 0 spiro atoms. The van der Waals surface area contributed by atoms with Gasteiger partial charge in [-0.25, -0.2) is 9.59 Å². The van der Waals surface area contributed by atoms with Gasteiger partial charge in [-0.2, -0.15) is 0 Å². The van der Waals surface area contributed by atoms with Gasteiger partial charge in [0.2, 0.25) is 0 Å². The number of aliphatic carboxylic acids is 2. The van der Waals surface area contributed by atoms with E-state index in [1.807, 2.05) is 12.1 Å². The Hall–Kier alpha value is -1.50. The Kier molecular flexibility index (Phi) is 5.73. The van der Waals surface area contributed by atoms with Crippen LogP contribution >= 0.6 is 23.2 Å². The van der Waals surface area contributed by atoms with Crippen LogP contribution in [0, 0.1) is 11.8 Å². The van der Waals surface area contributed by atoms with E-state index >= 15 is 0 Å². The number of rotatable bonds is 1. The first-order chi connectivity index (χ1) is 10.8. The second-order valence-electron chi connectivity index (χ2n) is 5.83. The predicted octanol–water partition coefficient (Wildman–Crippen LogP) is 2.15. The van der Waals surface area contributed by atoms with Crippen molar-refractivity contribution >= 4 is 40.8 Å². The van der Waals surface area contributed by atoms with Crippen molar-refractivity contribution in [3.63, 3.8) is 0 Å². The van der Waals surface area contributed by atoms with Crippen LogP contribution in [0.5, 0.6) is 0 Å². The monoisotopic (exact) mass is 360 g/mol. The molecule has 126 valence electrons. The van der Waals surface area contributed by atoms with Gasteiger partial charge in [-0.15, -0.1) is 0 Å². The van der Waals surface area contributed by atoms with Gasteiger partial charge in [0.15, 0.2) is 0 Å². The number of hydrogen-bond donors (Lipinski definition) is 2. The molecule has 0 radical (unpaired) electrons. The van der Waals surface area contributed by atoms with Gasteiger partial charge in [-0.05, 0) is 31.0 Å². The largest absolute Gasteiger partial charge is 0.473 e. The number of hydrogen-bond acceptors (Lipinski definition) is 4. The van der Waals surface area contributed by atoms with Crippen LogP contribution in [0.25, 0.3) is 0 Å². The third-order valence-electron chi connectivity index (χ3n) is 4.12. The SMILES string of the molecule is CN1CC2CN(c3cccc(Cl)c3Cl)CC2C1.O=C(O)C(=O)O. The standard InChI is InChI=1S/C13H16Cl2N2.C2H2O4/c1-16-5-9-7-17(8-10(9)6-16)12-4-2-3-11(14)13(12)15;3-1(4)2(5)6/h2-4,9-10H,5-8H2,1H3;(H,3,4)(H,5,6). The minimum atomic E-state index is -1.82. The van der Waals surface area contributed by atoms with E-state index in [1.165, 1.54) is 13.1 Å². The summed E-state index contributed by atoms with van der Waals surface area (Å²) in [5.74, 6) is -2.07. The molecular weight excluding hydrogens is 343 g/mol. The van der Waals surface area contributed by atoms with Gasteiger partial charge in [0, 0.05) is 26.2 Å². The molecule has 2 fully saturated rings. The molecule has 0 aliphatic carbocycles. The maximum absolute atomic E-state index is 9.10. The van der Waals surface area contributed by atoms with E-state index in [2.05, 4.69) is 22.9 Å². The van der Waals surface area contributed by atoms with Crippen molar-refractivity contribution in [3.05, 3.63) is 28.2 Å². The highest BCUT2D eigenvalue weighted by Gasteiger charge is 2.39. The fourth-order valence-corrected chi connectivity index (χ4v) is 3.58. The van der Waals surface area contributed by atoms with Crippen LogP contribution < -0.4 is 4.90 Å². The normalized spacial score (nSPS) is 23.2. The van der Waals surface area contributed by atoms with Crippen molar-refractivity contribution in [2.45, 2.75) is 0 Å². The number of likely N-dealkylation sites (tertiary alicyclic amines) is 1. The highest BCUT2D eigenvalue weighted by Crippen LogP contribution is 2.38. The molecule has 1 aromatic rings. The van der Waals surface area contributed by atoms with Crippen LogP contribution in [-0.2, 0) is 9.59 Å². The number of anilines is 1. The summed E-state index contributed by atoms with van der Waals surface area (Å²) >= 11 is 12.3. The summed E-state index contributed by atoms with van der Waals surface area (Å²) in [4.78, 5) is 23.0. The van der Waals surface area contributed by atoms with Crippen molar-refractivity contribution < 1.29 is 19.8 Å². The van der Waals surface area contributed by atoms with Gasteiger partial charge in [0.1, 0.15) is 0 Å². The minimum absolute atomic E-state index is 0.651. The summed E-state index contributed by atoms with van der Waals surface area (Å²) in [6.07, 6.45) is 0. The summed E-state index contributed by atoms with van der Waals surface area (Å²) in [5, 5.41) is 16.1. The van der Waals surface area contributed by atoms with Crippen LogP contribution in [0.3, 0.4) is 0 Å². The lowest BCUT2D eigenvalue weighted by molar-refractivity contribution is -0.159. The zero-order valence-corrected chi connectivity index (χ0v) is 14.1. The molecular formula is C15H18Cl2N2O4. The average molecular weight is 361 g/mol. The molecule has 2 saturated heterocycles. The maximum atomic E-state index is 9.10. The summed E-state index contributed by atoms with van der Waals surface area (Å²) in [5.41, 5.74) is 1.09. The van der Waals surface area contributed by atoms with Crippen molar-refractivity contribution in [1.82, 2.24) is 4.90 Å². The fraction of sp³-hybridized carbons (Fsp3) is 0.467. The van der Waals surface area contributed by atoms with Crippen molar-refractivity contribution in [3.8, 4) is 0 Å². The number of carbonyl (C=O) groups is 2. The molecule has 1 aromatic carbocycles. The molecule has 23 heavy (non-hydrogen) atoms. The van der Waals surface area contributed by atoms with E-state index in [4.69, 9.17) is 43.0 Å². The van der Waals surface area contributed by atoms with Crippen molar-refractivity contribution in [1.29, 1.82) is 0 Å². The van der Waals surface area contributed by atoms with E-state index < -0.39 is 11.9 Å². The Morgan fingerprint density at radius 3 is 2.04 bits per heavy atom. The first kappa shape index (κ1) is 17.8. The predicted molar refractivity (Wildman–Crippen MR) is 88.4 cm³/mol. The second kappa shape index (κ2) is 7.38. The van der Waals surface area contributed by atoms with Gasteiger partial charge in [0.25, 0.3) is 0 Å². The Bertz CT molecular complexity index is 585. The number of carboxylic acid groups (broad SMARTS) is 2. The smallest absolute Gasteiger partial charge is 0.414 e. The summed E-state index contributed by atoms with van der Waals surface area (Å²) in [7, 11) is 2.20. The molecule has 2 N–H and O–H groups in total. The average Bonchev–Trinajstić information content (AvgIpc) is 2.99. The highest BCUT2D eigenvalue weighted by atomic mass is 35.5. The van der Waals surface area contributed by atoms with Crippen LogP contribution in [-0.4, -0.2) is 60.3 Å². The zero-order chi connectivity index (χ0) is 17.1. The first-order valence-electron chi connectivity index (χ1n) is 7.13. The molecule has 0 aromatic heterocycles. The molecule has 0 saturated carbocycles. The summed E-state index contributed by atoms with van der Waals surface area (Å²) in [6.45, 7) is 4.63. The number of nitrogens with zero attached hydrogens (tertiary/aromatic N) is 2. The van der Waals surface area contributed by atoms with E-state index in [0.29, 0.717) is 10.0 Å². The Labute approximate surface area is 144 Å². The number of halogens is 2. The topological polar surface area (TPSA) is 81.1 Å². The van der Waals surface area contributed by atoms with E-state index in [-0.39, 0.29) is 0 Å². The first-order valence-corrected chi connectivity index (χ1v) is 7.89. The third-order valence-corrected chi connectivity index (χ3v) is 4.93. The Balaban J connectivity index is 0.000000277. The molecule has 6 nitrogen and oxygen atoms in total. The summed E-state index contributed by atoms with van der Waals surface area (Å²) < 4.78 is 0. The molecule has 2 heterocycles. The van der Waals surface area contributed by atoms with Crippen LogP contribution in [0.1, 0.15) is 0 Å². The maximum Gasteiger partial charge on any atom is 0.414 e. The van der Waals surface area contributed by atoms with Gasteiger partial charge < -0.3 is 20.0 Å². The van der Waals surface area contributed by atoms with Gasteiger partial charge in [0.05, 0.1) is 15.7 Å². The summed E-state index contributed by atoms with van der Waals surface area (Å²) in [6, 6.07) is 5.89. The quantitative estimate of drug-likeness (QED) is 0.746. The third kappa shape index (κ3) is 4.28. The number of fused-ring (bicyclic) bond motifs is 1. The lowest BCUT2D eigenvalue weighted by atomic mass is 10.0. The van der Waals surface area contributed by atoms with Gasteiger partial charge in [-0.1, -0.05) is 29.3 Å². The van der Waals surface area contributed by atoms with Gasteiger partial charge >= 0.3 is 11.9 Å². The van der Waals surface area contributed by atoms with Crippen LogP contribution in [0.4, 0.5) is 5.69 Å². The number of benzene rings is 1. The second-order valence-corrected chi connectivity index (χ2v) is 6.61. The minimum Gasteiger partial charge on any atom is -0.473 e. The van der Waals surface area contributed by atoms with Crippen LogP contribution in [0.2, 0.25) is 10.0 Å². The molecule has 8 heteroatoms.